The Morgan fingerprint density at radius 1 is 1.47 bits per heavy atom. The smallest absolute Gasteiger partial charge is 0.0951 e. The van der Waals surface area contributed by atoms with Gasteiger partial charge in [0.15, 0.2) is 0 Å². The molecule has 2 fully saturated rings. The molecule has 94 valence electrons. The van der Waals surface area contributed by atoms with Gasteiger partial charge in [0.2, 0.25) is 0 Å². The van der Waals surface area contributed by atoms with Crippen LogP contribution in [0.2, 0.25) is 0 Å². The molecular formula is C13H22N4. The molecule has 0 aromatic carbocycles. The first-order chi connectivity index (χ1) is 8.29. The van der Waals surface area contributed by atoms with Crippen molar-refractivity contribution < 1.29 is 0 Å². The van der Waals surface area contributed by atoms with Gasteiger partial charge in [-0.1, -0.05) is 0 Å². The Balaban J connectivity index is 1.66. The average molecular weight is 234 g/mol. The molecular weight excluding hydrogens is 212 g/mol. The topological polar surface area (TPSA) is 47.1 Å². The Hall–Kier alpha value is -0.870. The lowest BCUT2D eigenvalue weighted by molar-refractivity contribution is 0.210. The van der Waals surface area contributed by atoms with E-state index < -0.39 is 0 Å². The molecule has 3 rings (SSSR count). The molecule has 4 heteroatoms. The van der Waals surface area contributed by atoms with Crippen LogP contribution in [-0.2, 0) is 6.54 Å². The maximum Gasteiger partial charge on any atom is 0.0951 e. The summed E-state index contributed by atoms with van der Waals surface area (Å²) in [6.45, 7) is 1.76. The molecule has 17 heavy (non-hydrogen) atoms. The molecule has 1 atom stereocenters. The number of hydrogen-bond acceptors (Lipinski definition) is 3. The van der Waals surface area contributed by atoms with Gasteiger partial charge in [0.05, 0.1) is 12.0 Å². The number of rotatable bonds is 6. The predicted molar refractivity (Wildman–Crippen MR) is 67.5 cm³/mol. The van der Waals surface area contributed by atoms with Crippen molar-refractivity contribution in [3.63, 3.8) is 0 Å². The van der Waals surface area contributed by atoms with Crippen molar-refractivity contribution in [1.82, 2.24) is 14.5 Å². The van der Waals surface area contributed by atoms with E-state index in [0.717, 1.165) is 25.0 Å². The Labute approximate surface area is 103 Å². The minimum absolute atomic E-state index is 0.553. The SMILES string of the molecule is CN(Cc1cncn1C1CC1)C(CN)C1CC1. The van der Waals surface area contributed by atoms with Gasteiger partial charge in [-0.15, -0.1) is 0 Å². The summed E-state index contributed by atoms with van der Waals surface area (Å²) < 4.78 is 2.34. The van der Waals surface area contributed by atoms with E-state index in [4.69, 9.17) is 5.73 Å². The summed E-state index contributed by atoms with van der Waals surface area (Å²) in [6, 6.07) is 1.27. The van der Waals surface area contributed by atoms with Crippen LogP contribution in [0.3, 0.4) is 0 Å². The number of imidazole rings is 1. The molecule has 0 aliphatic heterocycles. The van der Waals surface area contributed by atoms with Gasteiger partial charge in [-0.3, -0.25) is 4.90 Å². The quantitative estimate of drug-likeness (QED) is 0.809. The Bertz CT molecular complexity index is 379. The fourth-order valence-corrected chi connectivity index (χ4v) is 2.72. The van der Waals surface area contributed by atoms with Crippen molar-refractivity contribution in [3.8, 4) is 0 Å². The van der Waals surface area contributed by atoms with Crippen LogP contribution in [0.1, 0.15) is 37.4 Å². The molecule has 0 bridgehead atoms. The van der Waals surface area contributed by atoms with E-state index in [2.05, 4.69) is 21.5 Å². The van der Waals surface area contributed by atoms with Crippen molar-refractivity contribution >= 4 is 0 Å². The molecule has 1 aromatic heterocycles. The summed E-state index contributed by atoms with van der Waals surface area (Å²) in [7, 11) is 2.19. The molecule has 0 spiro atoms. The standard InChI is InChI=1S/C13H22N4/c1-16(13(6-14)10-2-3-10)8-12-7-15-9-17(12)11-4-5-11/h7,9-11,13H,2-6,8,14H2,1H3. The maximum absolute atomic E-state index is 5.89. The van der Waals surface area contributed by atoms with Crippen LogP contribution in [0.4, 0.5) is 0 Å². The monoisotopic (exact) mass is 234 g/mol. The number of aromatic nitrogens is 2. The fourth-order valence-electron chi connectivity index (χ4n) is 2.72. The van der Waals surface area contributed by atoms with E-state index >= 15 is 0 Å². The van der Waals surface area contributed by atoms with E-state index in [1.807, 2.05) is 12.5 Å². The molecule has 2 N–H and O–H groups in total. The lowest BCUT2D eigenvalue weighted by Gasteiger charge is -2.27. The first kappa shape index (κ1) is 11.2. The fraction of sp³-hybridized carbons (Fsp3) is 0.769. The van der Waals surface area contributed by atoms with Gasteiger partial charge in [-0.2, -0.15) is 0 Å². The highest BCUT2D eigenvalue weighted by Crippen LogP contribution is 2.37. The summed E-state index contributed by atoms with van der Waals surface area (Å²) in [6.07, 6.45) is 9.33. The van der Waals surface area contributed by atoms with Crippen LogP contribution in [0.5, 0.6) is 0 Å². The Morgan fingerprint density at radius 3 is 2.82 bits per heavy atom. The summed E-state index contributed by atoms with van der Waals surface area (Å²) in [5.74, 6) is 0.835. The lowest BCUT2D eigenvalue weighted by atomic mass is 10.1. The highest BCUT2D eigenvalue weighted by molar-refractivity contribution is 5.04. The third-order valence-electron chi connectivity index (χ3n) is 4.07. The lowest BCUT2D eigenvalue weighted by Crippen LogP contribution is -2.39. The van der Waals surface area contributed by atoms with Gasteiger partial charge in [-0.25, -0.2) is 4.98 Å². The minimum Gasteiger partial charge on any atom is -0.330 e. The third-order valence-corrected chi connectivity index (χ3v) is 4.07. The van der Waals surface area contributed by atoms with Gasteiger partial charge < -0.3 is 10.3 Å². The second-order valence-electron chi connectivity index (χ2n) is 5.58. The zero-order valence-electron chi connectivity index (χ0n) is 10.5. The first-order valence-electron chi connectivity index (χ1n) is 6.70. The van der Waals surface area contributed by atoms with Gasteiger partial charge >= 0.3 is 0 Å². The minimum atomic E-state index is 0.553. The van der Waals surface area contributed by atoms with Crippen molar-refractivity contribution in [2.45, 2.75) is 44.3 Å². The normalized spacial score (nSPS) is 22.1. The van der Waals surface area contributed by atoms with Gasteiger partial charge in [0.1, 0.15) is 0 Å². The van der Waals surface area contributed by atoms with E-state index in [1.165, 1.54) is 31.4 Å². The van der Waals surface area contributed by atoms with E-state index in [-0.39, 0.29) is 0 Å². The summed E-state index contributed by atoms with van der Waals surface area (Å²) in [5, 5.41) is 0. The van der Waals surface area contributed by atoms with Crippen LogP contribution in [0, 0.1) is 5.92 Å². The summed E-state index contributed by atoms with van der Waals surface area (Å²) in [5.41, 5.74) is 7.23. The molecule has 0 saturated heterocycles. The van der Waals surface area contributed by atoms with E-state index in [0.29, 0.717) is 6.04 Å². The van der Waals surface area contributed by atoms with E-state index in [9.17, 15) is 0 Å². The zero-order chi connectivity index (χ0) is 11.8. The molecule has 0 amide bonds. The van der Waals surface area contributed by atoms with Crippen molar-refractivity contribution in [2.75, 3.05) is 13.6 Å². The number of likely N-dealkylation sites (N-methyl/N-ethyl adjacent to an activating group) is 1. The number of nitrogens with zero attached hydrogens (tertiary/aromatic N) is 3. The van der Waals surface area contributed by atoms with Crippen molar-refractivity contribution in [3.05, 3.63) is 18.2 Å². The largest absolute Gasteiger partial charge is 0.330 e. The van der Waals surface area contributed by atoms with Gasteiger partial charge in [-0.05, 0) is 38.6 Å². The van der Waals surface area contributed by atoms with Crippen LogP contribution >= 0.6 is 0 Å². The Morgan fingerprint density at radius 2 is 2.24 bits per heavy atom. The molecule has 1 heterocycles. The zero-order valence-corrected chi connectivity index (χ0v) is 10.5. The Kier molecular flexibility index (Phi) is 2.92. The molecule has 2 saturated carbocycles. The highest BCUT2D eigenvalue weighted by atomic mass is 15.2. The molecule has 1 aromatic rings. The van der Waals surface area contributed by atoms with Gasteiger partial charge in [0.25, 0.3) is 0 Å². The highest BCUT2D eigenvalue weighted by Gasteiger charge is 2.33. The van der Waals surface area contributed by atoms with Gasteiger partial charge in [0, 0.05) is 31.4 Å². The summed E-state index contributed by atoms with van der Waals surface area (Å²) in [4.78, 5) is 6.70. The molecule has 0 radical (unpaired) electrons. The molecule has 1 unspecified atom stereocenters. The number of nitrogens with two attached hydrogens (primary N) is 1. The second-order valence-corrected chi connectivity index (χ2v) is 5.58. The summed E-state index contributed by atoms with van der Waals surface area (Å²) >= 11 is 0. The maximum atomic E-state index is 5.89. The van der Waals surface area contributed by atoms with E-state index in [1.54, 1.807) is 0 Å². The molecule has 2 aliphatic rings. The average Bonchev–Trinajstić information content (AvgIpc) is 3.21. The van der Waals surface area contributed by atoms with Crippen LogP contribution in [-0.4, -0.2) is 34.1 Å². The molecule has 2 aliphatic carbocycles. The van der Waals surface area contributed by atoms with Crippen LogP contribution in [0.15, 0.2) is 12.5 Å². The second kappa shape index (κ2) is 4.42. The predicted octanol–water partition coefficient (Wildman–Crippen LogP) is 1.39. The van der Waals surface area contributed by atoms with Crippen molar-refractivity contribution in [2.24, 2.45) is 11.7 Å². The van der Waals surface area contributed by atoms with Crippen LogP contribution in [0.25, 0.3) is 0 Å². The van der Waals surface area contributed by atoms with Crippen molar-refractivity contribution in [1.29, 1.82) is 0 Å². The van der Waals surface area contributed by atoms with Crippen LogP contribution < -0.4 is 5.73 Å². The third kappa shape index (κ3) is 2.38. The number of hydrogen-bond donors (Lipinski definition) is 1. The molecule has 4 nitrogen and oxygen atoms in total. The first-order valence-corrected chi connectivity index (χ1v) is 6.70.